The second-order valence-corrected chi connectivity index (χ2v) is 7.63. The second kappa shape index (κ2) is 8.17. The standard InChI is InChI=1S/C25H17ClN4O2/c26-19-13-11-17(12-14-19)23-18(16-29(27-23)20-7-3-1-4-8-20)15-22-24(31)28-30(25(22)32)21-9-5-2-6-10-21/h1-16H,(H,28,31)/b22-15+. The number of aromatic nitrogens is 2. The van der Waals surface area contributed by atoms with Crippen molar-refractivity contribution < 1.29 is 9.59 Å². The maximum absolute atomic E-state index is 13.0. The van der Waals surface area contributed by atoms with Gasteiger partial charge in [-0.1, -0.05) is 60.1 Å². The van der Waals surface area contributed by atoms with Crippen molar-refractivity contribution in [1.29, 1.82) is 0 Å². The van der Waals surface area contributed by atoms with E-state index < -0.39 is 11.8 Å². The summed E-state index contributed by atoms with van der Waals surface area (Å²) in [4.78, 5) is 25.7. The molecule has 32 heavy (non-hydrogen) atoms. The summed E-state index contributed by atoms with van der Waals surface area (Å²) in [6.45, 7) is 0. The first-order valence-corrected chi connectivity index (χ1v) is 10.3. The maximum Gasteiger partial charge on any atom is 0.282 e. The lowest BCUT2D eigenvalue weighted by molar-refractivity contribution is -0.117. The summed E-state index contributed by atoms with van der Waals surface area (Å²) >= 11 is 6.05. The minimum Gasteiger partial charge on any atom is -0.267 e. The maximum atomic E-state index is 13.0. The van der Waals surface area contributed by atoms with E-state index in [0.29, 0.717) is 22.0 Å². The van der Waals surface area contributed by atoms with E-state index in [4.69, 9.17) is 16.7 Å². The number of para-hydroxylation sites is 2. The molecule has 0 bridgehead atoms. The molecule has 1 aliphatic rings. The first-order valence-electron chi connectivity index (χ1n) is 9.93. The number of carbonyl (C=O) groups is 2. The normalized spacial score (nSPS) is 14.8. The van der Waals surface area contributed by atoms with Gasteiger partial charge in [0.25, 0.3) is 11.8 Å². The fourth-order valence-corrected chi connectivity index (χ4v) is 3.64. The Balaban J connectivity index is 1.60. The highest BCUT2D eigenvalue weighted by atomic mass is 35.5. The van der Waals surface area contributed by atoms with E-state index in [1.807, 2.05) is 48.5 Å². The van der Waals surface area contributed by atoms with Crippen LogP contribution in [0.25, 0.3) is 23.0 Å². The Morgan fingerprint density at radius 1 is 0.812 bits per heavy atom. The molecule has 1 saturated heterocycles. The molecule has 7 heteroatoms. The predicted molar refractivity (Wildman–Crippen MR) is 124 cm³/mol. The van der Waals surface area contributed by atoms with Gasteiger partial charge in [-0.25, -0.2) is 9.69 Å². The Morgan fingerprint density at radius 3 is 2.09 bits per heavy atom. The van der Waals surface area contributed by atoms with Gasteiger partial charge < -0.3 is 0 Å². The van der Waals surface area contributed by atoms with Crippen LogP contribution in [0.2, 0.25) is 5.02 Å². The van der Waals surface area contributed by atoms with Gasteiger partial charge in [0.1, 0.15) is 5.57 Å². The molecule has 3 aromatic carbocycles. The Morgan fingerprint density at radius 2 is 1.44 bits per heavy atom. The third-order valence-electron chi connectivity index (χ3n) is 5.09. The zero-order chi connectivity index (χ0) is 22.1. The van der Waals surface area contributed by atoms with Gasteiger partial charge in [-0.2, -0.15) is 5.10 Å². The highest BCUT2D eigenvalue weighted by Gasteiger charge is 2.34. The molecule has 5 rings (SSSR count). The van der Waals surface area contributed by atoms with Crippen molar-refractivity contribution in [1.82, 2.24) is 15.2 Å². The van der Waals surface area contributed by atoms with Crippen molar-refractivity contribution in [3.8, 4) is 16.9 Å². The number of nitrogens with one attached hydrogen (secondary N) is 1. The van der Waals surface area contributed by atoms with E-state index >= 15 is 0 Å². The molecule has 6 nitrogen and oxygen atoms in total. The largest absolute Gasteiger partial charge is 0.282 e. The van der Waals surface area contributed by atoms with Crippen LogP contribution in [0, 0.1) is 0 Å². The minimum atomic E-state index is -0.464. The number of carbonyl (C=O) groups excluding carboxylic acids is 2. The van der Waals surface area contributed by atoms with Gasteiger partial charge in [0.05, 0.1) is 17.1 Å². The lowest BCUT2D eigenvalue weighted by Gasteiger charge is -2.13. The number of amides is 2. The van der Waals surface area contributed by atoms with Crippen molar-refractivity contribution in [3.05, 3.63) is 107 Å². The Kier molecular flexibility index (Phi) is 5.05. The molecule has 1 fully saturated rings. The molecule has 1 aromatic heterocycles. The predicted octanol–water partition coefficient (Wildman–Crippen LogP) is 4.65. The summed E-state index contributed by atoms with van der Waals surface area (Å²) in [5, 5.41) is 6.58. The molecular formula is C25H17ClN4O2. The summed E-state index contributed by atoms with van der Waals surface area (Å²) in [6.07, 6.45) is 3.38. The highest BCUT2D eigenvalue weighted by molar-refractivity contribution is 6.32. The van der Waals surface area contributed by atoms with E-state index in [1.165, 1.54) is 5.01 Å². The highest BCUT2D eigenvalue weighted by Crippen LogP contribution is 2.29. The van der Waals surface area contributed by atoms with E-state index in [1.54, 1.807) is 53.4 Å². The first kappa shape index (κ1) is 19.8. The van der Waals surface area contributed by atoms with Crippen LogP contribution in [0.5, 0.6) is 0 Å². The van der Waals surface area contributed by atoms with E-state index in [-0.39, 0.29) is 5.57 Å². The van der Waals surface area contributed by atoms with Gasteiger partial charge in [0, 0.05) is 22.3 Å². The molecule has 0 radical (unpaired) electrons. The summed E-state index contributed by atoms with van der Waals surface area (Å²) in [5.74, 6) is -0.885. The summed E-state index contributed by atoms with van der Waals surface area (Å²) in [5.41, 5.74) is 6.22. The number of nitrogens with zero attached hydrogens (tertiary/aromatic N) is 3. The molecule has 0 saturated carbocycles. The van der Waals surface area contributed by atoms with Crippen molar-refractivity contribution in [3.63, 3.8) is 0 Å². The molecule has 1 N–H and O–H groups in total. The molecule has 4 aromatic rings. The number of benzene rings is 3. The number of rotatable bonds is 4. The quantitative estimate of drug-likeness (QED) is 0.371. The average molecular weight is 441 g/mol. The lowest BCUT2D eigenvalue weighted by Crippen LogP contribution is -2.35. The van der Waals surface area contributed by atoms with Gasteiger partial charge in [0.2, 0.25) is 0 Å². The smallest absolute Gasteiger partial charge is 0.267 e. The summed E-state index contributed by atoms with van der Waals surface area (Å²) in [7, 11) is 0. The van der Waals surface area contributed by atoms with Crippen LogP contribution < -0.4 is 10.4 Å². The number of halogens is 1. The number of hydrogen-bond donors (Lipinski definition) is 1. The van der Waals surface area contributed by atoms with Crippen LogP contribution in [0.4, 0.5) is 5.69 Å². The molecule has 0 spiro atoms. The molecule has 2 heterocycles. The summed E-state index contributed by atoms with van der Waals surface area (Å²) < 4.78 is 1.72. The van der Waals surface area contributed by atoms with Crippen LogP contribution >= 0.6 is 11.6 Å². The van der Waals surface area contributed by atoms with Gasteiger partial charge in [-0.05, 0) is 42.5 Å². The lowest BCUT2D eigenvalue weighted by atomic mass is 10.1. The van der Waals surface area contributed by atoms with E-state index in [9.17, 15) is 9.59 Å². The van der Waals surface area contributed by atoms with Gasteiger partial charge in [0.15, 0.2) is 0 Å². The van der Waals surface area contributed by atoms with Crippen LogP contribution in [-0.2, 0) is 9.59 Å². The van der Waals surface area contributed by atoms with Crippen molar-refractivity contribution >= 4 is 35.2 Å². The Hall–Kier alpha value is -4.16. The van der Waals surface area contributed by atoms with Gasteiger partial charge in [-0.15, -0.1) is 0 Å². The van der Waals surface area contributed by atoms with E-state index in [2.05, 4.69) is 5.43 Å². The minimum absolute atomic E-state index is 0.0386. The van der Waals surface area contributed by atoms with Gasteiger partial charge in [-0.3, -0.25) is 15.0 Å². The van der Waals surface area contributed by atoms with Crippen molar-refractivity contribution in [2.75, 3.05) is 5.01 Å². The zero-order valence-electron chi connectivity index (χ0n) is 16.8. The van der Waals surface area contributed by atoms with Crippen LogP contribution in [0.15, 0.2) is 96.7 Å². The molecular weight excluding hydrogens is 424 g/mol. The first-order chi connectivity index (χ1) is 15.6. The third kappa shape index (κ3) is 3.68. The average Bonchev–Trinajstić information content (AvgIpc) is 3.37. The topological polar surface area (TPSA) is 67.2 Å². The Labute approximate surface area is 189 Å². The van der Waals surface area contributed by atoms with Crippen LogP contribution in [0.1, 0.15) is 5.56 Å². The molecule has 0 aliphatic carbocycles. The zero-order valence-corrected chi connectivity index (χ0v) is 17.5. The fourth-order valence-electron chi connectivity index (χ4n) is 3.51. The molecule has 0 unspecified atom stereocenters. The summed E-state index contributed by atoms with van der Waals surface area (Å²) in [6, 6.07) is 25.9. The molecule has 0 atom stereocenters. The second-order valence-electron chi connectivity index (χ2n) is 7.20. The fraction of sp³-hybridized carbons (Fsp3) is 0. The third-order valence-corrected chi connectivity index (χ3v) is 5.34. The van der Waals surface area contributed by atoms with Crippen LogP contribution in [0.3, 0.4) is 0 Å². The number of anilines is 1. The number of hydrazine groups is 1. The van der Waals surface area contributed by atoms with E-state index in [0.717, 1.165) is 11.3 Å². The number of hydrogen-bond acceptors (Lipinski definition) is 3. The molecule has 2 amide bonds. The molecule has 156 valence electrons. The van der Waals surface area contributed by atoms with Gasteiger partial charge >= 0.3 is 0 Å². The SMILES string of the molecule is O=C1NN(c2ccccc2)C(=O)/C1=C/c1cn(-c2ccccc2)nc1-c1ccc(Cl)cc1. The Bertz CT molecular complexity index is 1330. The van der Waals surface area contributed by atoms with Crippen molar-refractivity contribution in [2.24, 2.45) is 0 Å². The van der Waals surface area contributed by atoms with Crippen LogP contribution in [-0.4, -0.2) is 21.6 Å². The van der Waals surface area contributed by atoms with Crippen molar-refractivity contribution in [2.45, 2.75) is 0 Å². The monoisotopic (exact) mass is 440 g/mol. The molecule has 1 aliphatic heterocycles.